The Morgan fingerprint density at radius 2 is 2.23 bits per heavy atom. The minimum atomic E-state index is 0.654. The molecular formula is C11H20ClN. The van der Waals surface area contributed by atoms with E-state index in [1.807, 2.05) is 0 Å². The van der Waals surface area contributed by atoms with Gasteiger partial charge in [0, 0.05) is 18.6 Å². The Hall–Kier alpha value is -0.0100. The highest BCUT2D eigenvalue weighted by Crippen LogP contribution is 2.48. The van der Waals surface area contributed by atoms with Crippen LogP contribution in [0.5, 0.6) is 0 Å². The molecule has 1 nitrogen and oxygen atoms in total. The van der Waals surface area contributed by atoms with Crippen LogP contribution in [0, 0.1) is 5.41 Å². The Kier molecular flexibility index (Phi) is 4.27. The zero-order valence-electron chi connectivity index (χ0n) is 8.70. The number of nitrogens with one attached hydrogen (secondary N) is 1. The van der Waals surface area contributed by atoms with Crippen molar-refractivity contribution in [3.8, 4) is 0 Å². The summed E-state index contributed by atoms with van der Waals surface area (Å²) in [5, 5.41) is 3.47. The molecule has 1 aliphatic carbocycles. The fraction of sp³-hybridized carbons (Fsp3) is 0.818. The Balaban J connectivity index is 2.12. The van der Waals surface area contributed by atoms with E-state index in [0.717, 1.165) is 6.54 Å². The Labute approximate surface area is 86.5 Å². The lowest BCUT2D eigenvalue weighted by Crippen LogP contribution is -2.25. The molecule has 0 aliphatic heterocycles. The van der Waals surface area contributed by atoms with Crippen LogP contribution >= 0.6 is 11.6 Å². The van der Waals surface area contributed by atoms with Gasteiger partial charge in [-0.05, 0) is 37.2 Å². The molecule has 0 aromatic carbocycles. The van der Waals surface area contributed by atoms with E-state index in [9.17, 15) is 0 Å². The van der Waals surface area contributed by atoms with Crippen molar-refractivity contribution in [2.45, 2.75) is 39.5 Å². The number of hydrogen-bond donors (Lipinski definition) is 1. The van der Waals surface area contributed by atoms with Crippen molar-refractivity contribution in [3.63, 3.8) is 0 Å². The van der Waals surface area contributed by atoms with Gasteiger partial charge in [-0.3, -0.25) is 0 Å². The van der Waals surface area contributed by atoms with E-state index in [0.29, 0.717) is 5.41 Å². The molecule has 0 amide bonds. The van der Waals surface area contributed by atoms with E-state index < -0.39 is 0 Å². The molecule has 0 unspecified atom stereocenters. The summed E-state index contributed by atoms with van der Waals surface area (Å²) in [6, 6.07) is 0. The summed E-state index contributed by atoms with van der Waals surface area (Å²) in [5.74, 6) is 0. The lowest BCUT2D eigenvalue weighted by Gasteiger charge is -2.14. The van der Waals surface area contributed by atoms with E-state index in [4.69, 9.17) is 11.6 Å². The van der Waals surface area contributed by atoms with Gasteiger partial charge in [0.15, 0.2) is 0 Å². The molecule has 0 bridgehead atoms. The molecule has 0 aromatic rings. The van der Waals surface area contributed by atoms with Gasteiger partial charge in [-0.15, -0.1) is 0 Å². The molecule has 13 heavy (non-hydrogen) atoms. The summed E-state index contributed by atoms with van der Waals surface area (Å²) in [6.45, 7) is 6.43. The van der Waals surface area contributed by atoms with Gasteiger partial charge < -0.3 is 5.32 Å². The van der Waals surface area contributed by atoms with Crippen molar-refractivity contribution in [2.24, 2.45) is 5.41 Å². The van der Waals surface area contributed by atoms with Crippen LogP contribution in [0.4, 0.5) is 0 Å². The van der Waals surface area contributed by atoms with E-state index in [1.165, 1.54) is 37.8 Å². The van der Waals surface area contributed by atoms with Crippen LogP contribution in [0.15, 0.2) is 11.1 Å². The summed E-state index contributed by atoms with van der Waals surface area (Å²) < 4.78 is 0. The zero-order valence-corrected chi connectivity index (χ0v) is 9.45. The van der Waals surface area contributed by atoms with Crippen LogP contribution in [-0.2, 0) is 0 Å². The average molecular weight is 202 g/mol. The van der Waals surface area contributed by atoms with Crippen molar-refractivity contribution in [2.75, 3.05) is 13.1 Å². The Morgan fingerprint density at radius 1 is 1.54 bits per heavy atom. The average Bonchev–Trinajstić information content (AvgIpc) is 2.86. The van der Waals surface area contributed by atoms with E-state index in [2.05, 4.69) is 19.2 Å². The normalized spacial score (nSPS) is 20.4. The maximum absolute atomic E-state index is 5.58. The molecule has 0 aromatic heterocycles. The third-order valence-corrected chi connectivity index (χ3v) is 3.20. The minimum Gasteiger partial charge on any atom is -0.312 e. The Morgan fingerprint density at radius 3 is 2.69 bits per heavy atom. The maximum atomic E-state index is 5.58. The van der Waals surface area contributed by atoms with Crippen LogP contribution in [0.3, 0.4) is 0 Å². The van der Waals surface area contributed by atoms with Gasteiger partial charge >= 0.3 is 0 Å². The molecule has 1 aliphatic rings. The molecule has 1 N–H and O–H groups in total. The van der Waals surface area contributed by atoms with Crippen LogP contribution in [0.1, 0.15) is 39.5 Å². The predicted octanol–water partition coefficient (Wildman–Crippen LogP) is 3.30. The molecule has 0 radical (unpaired) electrons. The quantitative estimate of drug-likeness (QED) is 0.696. The summed E-state index contributed by atoms with van der Waals surface area (Å²) in [6.07, 6.45) is 5.52. The van der Waals surface area contributed by atoms with Crippen molar-refractivity contribution in [1.82, 2.24) is 5.32 Å². The monoisotopic (exact) mass is 201 g/mol. The minimum absolute atomic E-state index is 0.654. The van der Waals surface area contributed by atoms with Crippen LogP contribution < -0.4 is 5.32 Å². The highest BCUT2D eigenvalue weighted by atomic mass is 35.5. The second-order valence-electron chi connectivity index (χ2n) is 4.31. The molecule has 76 valence electrons. The smallest absolute Gasteiger partial charge is 0.0173 e. The van der Waals surface area contributed by atoms with Gasteiger partial charge in [-0.25, -0.2) is 0 Å². The van der Waals surface area contributed by atoms with Crippen molar-refractivity contribution >= 4 is 11.6 Å². The van der Waals surface area contributed by atoms with E-state index >= 15 is 0 Å². The zero-order chi connectivity index (χ0) is 9.73. The van der Waals surface area contributed by atoms with Crippen molar-refractivity contribution in [3.05, 3.63) is 11.1 Å². The van der Waals surface area contributed by atoms with E-state index in [-0.39, 0.29) is 0 Å². The first-order valence-corrected chi connectivity index (χ1v) is 5.63. The van der Waals surface area contributed by atoms with Crippen molar-refractivity contribution in [1.29, 1.82) is 0 Å². The molecule has 2 heteroatoms. The number of hydrogen-bond acceptors (Lipinski definition) is 1. The summed E-state index contributed by atoms with van der Waals surface area (Å²) in [4.78, 5) is 0. The third-order valence-electron chi connectivity index (χ3n) is 2.83. The molecule has 1 saturated carbocycles. The summed E-state index contributed by atoms with van der Waals surface area (Å²) in [7, 11) is 0. The SMILES string of the molecule is CCCC1(CNCC(C)=CCl)CC1. The fourth-order valence-electron chi connectivity index (χ4n) is 1.79. The molecule has 0 heterocycles. The Bertz CT molecular complexity index is 183. The first kappa shape index (κ1) is 11.1. The largest absolute Gasteiger partial charge is 0.312 e. The molecule has 1 rings (SSSR count). The first-order valence-electron chi connectivity index (χ1n) is 5.19. The third kappa shape index (κ3) is 3.70. The summed E-state index contributed by atoms with van der Waals surface area (Å²) >= 11 is 5.58. The van der Waals surface area contributed by atoms with Crippen LogP contribution in [-0.4, -0.2) is 13.1 Å². The first-order chi connectivity index (χ1) is 6.22. The van der Waals surface area contributed by atoms with E-state index in [1.54, 1.807) is 5.54 Å². The van der Waals surface area contributed by atoms with Gasteiger partial charge in [0.2, 0.25) is 0 Å². The number of rotatable bonds is 6. The molecule has 0 atom stereocenters. The maximum Gasteiger partial charge on any atom is 0.0173 e. The van der Waals surface area contributed by atoms with Gasteiger partial charge in [0.25, 0.3) is 0 Å². The van der Waals surface area contributed by atoms with Crippen LogP contribution in [0.25, 0.3) is 0 Å². The molecular weight excluding hydrogens is 182 g/mol. The second-order valence-corrected chi connectivity index (χ2v) is 4.53. The van der Waals surface area contributed by atoms with Gasteiger partial charge in [0.1, 0.15) is 0 Å². The topological polar surface area (TPSA) is 12.0 Å². The van der Waals surface area contributed by atoms with Gasteiger partial charge in [0.05, 0.1) is 0 Å². The van der Waals surface area contributed by atoms with Crippen molar-refractivity contribution < 1.29 is 0 Å². The number of halogens is 1. The lowest BCUT2D eigenvalue weighted by molar-refractivity contribution is 0.429. The molecule has 0 spiro atoms. The lowest BCUT2D eigenvalue weighted by atomic mass is 10.0. The van der Waals surface area contributed by atoms with Crippen LogP contribution in [0.2, 0.25) is 0 Å². The predicted molar refractivity (Wildman–Crippen MR) is 59.1 cm³/mol. The highest BCUT2D eigenvalue weighted by molar-refractivity contribution is 6.25. The molecule has 1 fully saturated rings. The standard InChI is InChI=1S/C11H20ClN/c1-3-4-11(5-6-11)9-13-8-10(2)7-12/h7,13H,3-6,8-9H2,1-2H3. The van der Waals surface area contributed by atoms with Gasteiger partial charge in [-0.2, -0.15) is 0 Å². The fourth-order valence-corrected chi connectivity index (χ4v) is 1.86. The second kappa shape index (κ2) is 5.02. The molecule has 0 saturated heterocycles. The highest BCUT2D eigenvalue weighted by Gasteiger charge is 2.40. The van der Waals surface area contributed by atoms with Gasteiger partial charge in [-0.1, -0.05) is 24.9 Å². The summed E-state index contributed by atoms with van der Waals surface area (Å²) in [5.41, 5.74) is 3.53.